The summed E-state index contributed by atoms with van der Waals surface area (Å²) >= 11 is 0.390. The number of carbonyl (C=O) groups excluding carboxylic acids is 2. The Labute approximate surface area is 269 Å². The Kier molecular flexibility index (Phi) is 12.6. The first-order valence-corrected chi connectivity index (χ1v) is 15.8. The van der Waals surface area contributed by atoms with Gasteiger partial charge in [-0.05, 0) is 48.6 Å². The molecule has 0 radical (unpaired) electrons. The van der Waals surface area contributed by atoms with Crippen LogP contribution in [0.15, 0.2) is 42.7 Å². The number of alkyl halides is 3. The summed E-state index contributed by atoms with van der Waals surface area (Å²) in [6, 6.07) is 6.39. The van der Waals surface area contributed by atoms with Crippen molar-refractivity contribution in [1.29, 1.82) is 0 Å². The second kappa shape index (κ2) is 16.0. The Morgan fingerprint density at radius 3 is 2.37 bits per heavy atom. The highest BCUT2D eigenvalue weighted by atomic mass is 32.1. The first kappa shape index (κ1) is 36.4. The molecule has 46 heavy (non-hydrogen) atoms. The molecule has 0 saturated carbocycles. The molecule has 2 N–H and O–H groups in total. The van der Waals surface area contributed by atoms with Crippen molar-refractivity contribution < 1.29 is 41.8 Å². The van der Waals surface area contributed by atoms with Crippen LogP contribution in [0.5, 0.6) is 0 Å². The van der Waals surface area contributed by atoms with E-state index in [1.807, 2.05) is 0 Å². The zero-order chi connectivity index (χ0) is 34.1. The predicted molar refractivity (Wildman–Crippen MR) is 166 cm³/mol. The summed E-state index contributed by atoms with van der Waals surface area (Å²) < 4.78 is 63.6. The minimum absolute atomic E-state index is 0.0387. The zero-order valence-electron chi connectivity index (χ0n) is 26.1. The van der Waals surface area contributed by atoms with E-state index in [1.165, 1.54) is 50.5 Å². The number of carboxylic acids is 1. The zero-order valence-corrected chi connectivity index (χ0v) is 26.9. The number of unbranched alkanes of at least 4 members (excludes halogenated alkanes) is 5. The average molecular weight is 667 g/mol. The lowest BCUT2D eigenvalue weighted by atomic mass is 9.87. The maximum Gasteiger partial charge on any atom is 0.420 e. The Morgan fingerprint density at radius 2 is 1.78 bits per heavy atom. The number of carboxylic acid groups (broad SMARTS) is 1. The van der Waals surface area contributed by atoms with Gasteiger partial charge in [0, 0.05) is 24.9 Å². The number of aromatic nitrogens is 2. The molecule has 0 aliphatic rings. The third-order valence-corrected chi connectivity index (χ3v) is 8.36. The lowest BCUT2D eigenvalue weighted by Gasteiger charge is -2.33. The molecule has 1 unspecified atom stereocenters. The van der Waals surface area contributed by atoms with Gasteiger partial charge in [-0.2, -0.15) is 17.6 Å². The molecule has 1 aromatic carbocycles. The van der Waals surface area contributed by atoms with Gasteiger partial charge in [0.2, 0.25) is 16.2 Å². The minimum Gasteiger partial charge on any atom is -0.479 e. The van der Waals surface area contributed by atoms with Crippen LogP contribution >= 0.6 is 11.3 Å². The molecule has 0 aliphatic heterocycles. The van der Waals surface area contributed by atoms with Crippen molar-refractivity contribution in [2.75, 3.05) is 11.5 Å². The van der Waals surface area contributed by atoms with Crippen molar-refractivity contribution in [2.24, 2.45) is 5.92 Å². The van der Waals surface area contributed by atoms with Gasteiger partial charge in [0.25, 0.3) is 0 Å². The maximum absolute atomic E-state index is 15.2. The normalized spacial score (nSPS) is 12.9. The van der Waals surface area contributed by atoms with Gasteiger partial charge in [-0.25, -0.2) is 19.5 Å². The number of hydrogen-bond acceptors (Lipinski definition) is 7. The molecule has 2 aromatic heterocycles. The Morgan fingerprint density at radius 1 is 1.09 bits per heavy atom. The second-order valence-electron chi connectivity index (χ2n) is 11.2. The van der Waals surface area contributed by atoms with Gasteiger partial charge in [-0.1, -0.05) is 70.3 Å². The molecule has 9 nitrogen and oxygen atoms in total. The van der Waals surface area contributed by atoms with Gasteiger partial charge in [0.05, 0.1) is 11.3 Å². The Hall–Kier alpha value is -4.07. The fourth-order valence-corrected chi connectivity index (χ4v) is 5.73. The molecule has 3 aromatic rings. The number of nitrogens with zero attached hydrogens (tertiary/aromatic N) is 3. The van der Waals surface area contributed by atoms with Crippen molar-refractivity contribution in [2.45, 2.75) is 84.4 Å². The molecular formula is C32H38F4N4O5S. The second-order valence-corrected chi connectivity index (χ2v) is 12.1. The van der Waals surface area contributed by atoms with Crippen LogP contribution in [-0.2, 0) is 26.9 Å². The maximum atomic E-state index is 15.2. The number of aliphatic carboxylic acids is 1. The lowest BCUT2D eigenvalue weighted by molar-refractivity contribution is -0.152. The number of nitrogens with one attached hydrogen (secondary N) is 1. The van der Waals surface area contributed by atoms with Gasteiger partial charge < -0.3 is 15.2 Å². The smallest absolute Gasteiger partial charge is 0.420 e. The minimum atomic E-state index is -4.78. The highest BCUT2D eigenvalue weighted by Crippen LogP contribution is 2.40. The van der Waals surface area contributed by atoms with E-state index in [4.69, 9.17) is 4.74 Å². The number of anilines is 2. The summed E-state index contributed by atoms with van der Waals surface area (Å²) in [5.74, 6) is -2.97. The molecule has 250 valence electrons. The van der Waals surface area contributed by atoms with E-state index in [1.54, 1.807) is 0 Å². The van der Waals surface area contributed by atoms with E-state index in [0.717, 1.165) is 45.1 Å². The van der Waals surface area contributed by atoms with Gasteiger partial charge in [0.1, 0.15) is 12.3 Å². The van der Waals surface area contributed by atoms with E-state index in [2.05, 4.69) is 22.2 Å². The van der Waals surface area contributed by atoms with Crippen LogP contribution in [0.3, 0.4) is 0 Å². The Balaban J connectivity index is 2.06. The summed E-state index contributed by atoms with van der Waals surface area (Å²) in [6.45, 7) is 5.28. The number of amides is 2. The van der Waals surface area contributed by atoms with E-state index in [9.17, 15) is 32.7 Å². The van der Waals surface area contributed by atoms with Crippen molar-refractivity contribution >= 4 is 40.1 Å². The monoisotopic (exact) mass is 666 g/mol. The fourth-order valence-electron chi connectivity index (χ4n) is 4.91. The molecule has 1 atom stereocenters. The predicted octanol–water partition coefficient (Wildman–Crippen LogP) is 8.16. The summed E-state index contributed by atoms with van der Waals surface area (Å²) in [4.78, 5) is 46.6. The Bertz CT molecular complexity index is 1500. The first-order chi connectivity index (χ1) is 21.7. The van der Waals surface area contributed by atoms with Crippen molar-refractivity contribution in [1.82, 2.24) is 15.3 Å². The molecular weight excluding hydrogens is 628 g/mol. The molecule has 2 amide bonds. The molecule has 0 bridgehead atoms. The third kappa shape index (κ3) is 9.02. The number of rotatable bonds is 15. The van der Waals surface area contributed by atoms with E-state index < -0.39 is 52.9 Å². The van der Waals surface area contributed by atoms with E-state index >= 15 is 4.39 Å². The summed E-state index contributed by atoms with van der Waals surface area (Å²) in [7, 11) is 0. The summed E-state index contributed by atoms with van der Waals surface area (Å²) in [5, 5.41) is 11.1. The van der Waals surface area contributed by atoms with Crippen LogP contribution < -0.4 is 10.2 Å². The summed E-state index contributed by atoms with van der Waals surface area (Å²) in [5.41, 5.74) is -3.24. The van der Waals surface area contributed by atoms with Gasteiger partial charge in [-0.3, -0.25) is 9.78 Å². The largest absolute Gasteiger partial charge is 0.479 e. The molecule has 3 rings (SSSR count). The van der Waals surface area contributed by atoms with Crippen molar-refractivity contribution in [3.05, 3.63) is 59.0 Å². The fraction of sp³-hybridized carbons (Fsp3) is 0.469. The van der Waals surface area contributed by atoms with Gasteiger partial charge in [0.15, 0.2) is 5.54 Å². The number of ether oxygens (including phenoxy) is 1. The van der Waals surface area contributed by atoms with Crippen LogP contribution in [0.2, 0.25) is 0 Å². The standard InChI is InChI=1S/C32H38F4N4O5S/c1-5-6-7-8-9-10-12-22-14-15-24(17-25(22)32(34,35)36)40(29-38-26(27(33)46-29)23-13-11-16-37-18-23)30(44)45-19-31(20(2)3,28(42)43)39-21(4)41/h11,13-18,20H,5-10,12,19H2,1-4H3,(H,39,41)(H,42,43). The van der Waals surface area contributed by atoms with E-state index in [0.29, 0.717) is 22.7 Å². The summed E-state index contributed by atoms with van der Waals surface area (Å²) in [6.07, 6.45) is 2.19. The number of benzene rings is 1. The number of hydrogen-bond donors (Lipinski definition) is 2. The van der Waals surface area contributed by atoms with Gasteiger partial charge >= 0.3 is 18.2 Å². The van der Waals surface area contributed by atoms with Crippen LogP contribution in [-0.4, -0.2) is 45.2 Å². The van der Waals surface area contributed by atoms with E-state index in [-0.39, 0.29) is 34.1 Å². The molecule has 0 fully saturated rings. The molecule has 14 heteroatoms. The molecule has 0 aliphatic carbocycles. The number of carbonyl (C=O) groups is 3. The first-order valence-electron chi connectivity index (χ1n) is 15.0. The molecule has 0 spiro atoms. The number of aryl methyl sites for hydroxylation is 1. The topological polar surface area (TPSA) is 122 Å². The van der Waals surface area contributed by atoms with Crippen molar-refractivity contribution in [3.63, 3.8) is 0 Å². The third-order valence-electron chi connectivity index (χ3n) is 7.53. The highest BCUT2D eigenvalue weighted by Gasteiger charge is 2.45. The average Bonchev–Trinajstić information content (AvgIpc) is 3.37. The quantitative estimate of drug-likeness (QED) is 0.124. The highest BCUT2D eigenvalue weighted by molar-refractivity contribution is 7.14. The van der Waals surface area contributed by atoms with Crippen molar-refractivity contribution in [3.8, 4) is 11.3 Å². The molecule has 0 saturated heterocycles. The van der Waals surface area contributed by atoms with Crippen LogP contribution in [0.4, 0.5) is 33.2 Å². The number of pyridine rings is 1. The van der Waals surface area contributed by atoms with Crippen LogP contribution in [0.1, 0.15) is 77.3 Å². The SMILES string of the molecule is CCCCCCCCc1ccc(N(C(=O)OCC(NC(C)=O)(C(=O)O)C(C)C)c2nc(-c3cccnc3)c(F)s2)cc1C(F)(F)F. The number of thiazole rings is 1. The number of halogens is 4. The lowest BCUT2D eigenvalue weighted by Crippen LogP contribution is -2.61. The van der Waals surface area contributed by atoms with Crippen LogP contribution in [0.25, 0.3) is 11.3 Å². The van der Waals surface area contributed by atoms with Crippen LogP contribution in [0, 0.1) is 11.0 Å². The van der Waals surface area contributed by atoms with Gasteiger partial charge in [-0.15, -0.1) is 0 Å². The molecule has 2 heterocycles.